The monoisotopic (exact) mass is 312 g/mol. The van der Waals surface area contributed by atoms with E-state index in [1.165, 1.54) is 18.2 Å². The van der Waals surface area contributed by atoms with Crippen LogP contribution in [0, 0.1) is 5.82 Å². The van der Waals surface area contributed by atoms with Crippen LogP contribution in [-0.4, -0.2) is 16.9 Å². The molecule has 0 aliphatic heterocycles. The molecule has 0 aliphatic carbocycles. The highest BCUT2D eigenvalue weighted by Gasteiger charge is 2.21. The molecule has 0 radical (unpaired) electrons. The van der Waals surface area contributed by atoms with Crippen LogP contribution in [0.25, 0.3) is 0 Å². The summed E-state index contributed by atoms with van der Waals surface area (Å²) in [6.07, 6.45) is 0. The minimum Gasteiger partial charge on any atom is -0.475 e. The Balaban J connectivity index is 2.45. The molecule has 1 N–H and O–H groups in total. The van der Waals surface area contributed by atoms with Gasteiger partial charge >= 0.3 is 5.97 Å². The second kappa shape index (κ2) is 4.73. The summed E-state index contributed by atoms with van der Waals surface area (Å²) in [5.74, 6) is -3.30. The summed E-state index contributed by atoms with van der Waals surface area (Å²) in [5, 5.41) is 8.67. The molecule has 0 amide bonds. The minimum absolute atomic E-state index is 0.191. The average molecular weight is 313 g/mol. The molecule has 1 aromatic carbocycles. The molecule has 0 fully saturated rings. The lowest BCUT2D eigenvalue weighted by atomic mass is 10.1. The maximum atomic E-state index is 13.5. The molecule has 4 nitrogen and oxygen atoms in total. The van der Waals surface area contributed by atoms with Crippen molar-refractivity contribution in [1.82, 2.24) is 0 Å². The second-order valence-corrected chi connectivity index (χ2v) is 4.25. The number of halogens is 2. The molecule has 1 aromatic heterocycles. The number of carbonyl (C=O) groups is 2. The Morgan fingerprint density at radius 2 is 1.83 bits per heavy atom. The van der Waals surface area contributed by atoms with Gasteiger partial charge in [0, 0.05) is 4.47 Å². The Labute approximate surface area is 109 Å². The van der Waals surface area contributed by atoms with Crippen molar-refractivity contribution in [2.45, 2.75) is 0 Å². The molecule has 0 bridgehead atoms. The van der Waals surface area contributed by atoms with Gasteiger partial charge in [-0.25, -0.2) is 9.18 Å². The maximum absolute atomic E-state index is 13.5. The lowest BCUT2D eigenvalue weighted by Crippen LogP contribution is -2.04. The van der Waals surface area contributed by atoms with Gasteiger partial charge in [-0.2, -0.15) is 0 Å². The van der Waals surface area contributed by atoms with Crippen LogP contribution in [0.3, 0.4) is 0 Å². The van der Waals surface area contributed by atoms with Crippen LogP contribution in [0.15, 0.2) is 39.2 Å². The zero-order valence-corrected chi connectivity index (χ0v) is 10.4. The lowest BCUT2D eigenvalue weighted by Gasteiger charge is -2.02. The van der Waals surface area contributed by atoms with Crippen molar-refractivity contribution in [2.24, 2.45) is 0 Å². The number of carboxylic acids is 1. The molecule has 6 heteroatoms. The van der Waals surface area contributed by atoms with Crippen LogP contribution in [0.1, 0.15) is 26.7 Å². The summed E-state index contributed by atoms with van der Waals surface area (Å²) in [6, 6.07) is 6.44. The van der Waals surface area contributed by atoms with Gasteiger partial charge in [0.25, 0.3) is 0 Å². The van der Waals surface area contributed by atoms with Crippen LogP contribution in [0.5, 0.6) is 0 Å². The standard InChI is InChI=1S/C12H6BrFO4/c13-6-2-1-3-7(14)10(6)11(15)8-4-5-9(18-8)12(16)17/h1-5H,(H,16,17). The fourth-order valence-corrected chi connectivity index (χ4v) is 1.93. The number of hydrogen-bond acceptors (Lipinski definition) is 3. The summed E-state index contributed by atoms with van der Waals surface area (Å²) in [5.41, 5.74) is -0.191. The van der Waals surface area contributed by atoms with Crippen molar-refractivity contribution in [3.63, 3.8) is 0 Å². The molecular weight excluding hydrogens is 307 g/mol. The third-order valence-corrected chi connectivity index (χ3v) is 2.89. The third-order valence-electron chi connectivity index (χ3n) is 2.23. The van der Waals surface area contributed by atoms with Crippen LogP contribution in [0.4, 0.5) is 4.39 Å². The predicted molar refractivity (Wildman–Crippen MR) is 63.2 cm³/mol. The van der Waals surface area contributed by atoms with E-state index >= 15 is 0 Å². The molecule has 0 atom stereocenters. The van der Waals surface area contributed by atoms with Crippen LogP contribution in [0.2, 0.25) is 0 Å². The van der Waals surface area contributed by atoms with Crippen molar-refractivity contribution in [3.8, 4) is 0 Å². The number of furan rings is 1. The van der Waals surface area contributed by atoms with Gasteiger partial charge in [0.2, 0.25) is 11.5 Å². The first-order valence-corrected chi connectivity index (χ1v) is 5.62. The van der Waals surface area contributed by atoms with E-state index in [1.807, 2.05) is 0 Å². The first-order valence-electron chi connectivity index (χ1n) is 4.82. The second-order valence-electron chi connectivity index (χ2n) is 3.39. The van der Waals surface area contributed by atoms with Crippen molar-refractivity contribution in [2.75, 3.05) is 0 Å². The smallest absolute Gasteiger partial charge is 0.371 e. The molecule has 1 heterocycles. The third kappa shape index (κ3) is 2.19. The highest BCUT2D eigenvalue weighted by atomic mass is 79.9. The largest absolute Gasteiger partial charge is 0.475 e. The van der Waals surface area contributed by atoms with Crippen LogP contribution in [-0.2, 0) is 0 Å². The van der Waals surface area contributed by atoms with Gasteiger partial charge in [-0.05, 0) is 40.2 Å². The van der Waals surface area contributed by atoms with Gasteiger partial charge < -0.3 is 9.52 Å². The molecule has 0 spiro atoms. The van der Waals surface area contributed by atoms with E-state index in [1.54, 1.807) is 0 Å². The first-order chi connectivity index (χ1) is 8.50. The highest BCUT2D eigenvalue weighted by Crippen LogP contribution is 2.23. The summed E-state index contributed by atoms with van der Waals surface area (Å²) < 4.78 is 18.7. The number of rotatable bonds is 3. The van der Waals surface area contributed by atoms with Gasteiger partial charge in [-0.1, -0.05) is 6.07 Å². The summed E-state index contributed by atoms with van der Waals surface area (Å²) in [7, 11) is 0. The molecule has 0 saturated heterocycles. The van der Waals surface area contributed by atoms with E-state index in [2.05, 4.69) is 15.9 Å². The van der Waals surface area contributed by atoms with Crippen LogP contribution < -0.4 is 0 Å². The van der Waals surface area contributed by atoms with Crippen molar-refractivity contribution in [3.05, 3.63) is 57.7 Å². The van der Waals surface area contributed by atoms with Crippen LogP contribution >= 0.6 is 15.9 Å². The molecular formula is C12H6BrFO4. The maximum Gasteiger partial charge on any atom is 0.371 e. The van der Waals surface area contributed by atoms with Crippen molar-refractivity contribution >= 4 is 27.7 Å². The summed E-state index contributed by atoms with van der Waals surface area (Å²) >= 11 is 3.06. The number of carbonyl (C=O) groups excluding carboxylic acids is 1. The fraction of sp³-hybridized carbons (Fsp3) is 0. The molecule has 0 aliphatic rings. The quantitative estimate of drug-likeness (QED) is 0.884. The van der Waals surface area contributed by atoms with Gasteiger partial charge in [-0.3, -0.25) is 4.79 Å². The summed E-state index contributed by atoms with van der Waals surface area (Å²) in [6.45, 7) is 0. The van der Waals surface area contributed by atoms with E-state index in [4.69, 9.17) is 9.52 Å². The first kappa shape index (κ1) is 12.5. The number of hydrogen-bond donors (Lipinski definition) is 1. The van der Waals surface area contributed by atoms with Gasteiger partial charge in [0.05, 0.1) is 5.56 Å². The Bertz CT molecular complexity index is 613. The van der Waals surface area contributed by atoms with E-state index in [0.717, 1.165) is 12.1 Å². The normalized spacial score (nSPS) is 10.3. The number of carboxylic acid groups (broad SMARTS) is 1. The van der Waals surface area contributed by atoms with Crippen molar-refractivity contribution in [1.29, 1.82) is 0 Å². The zero-order valence-electron chi connectivity index (χ0n) is 8.81. The molecule has 92 valence electrons. The Morgan fingerprint density at radius 1 is 1.17 bits per heavy atom. The Kier molecular flexibility index (Phi) is 3.29. The number of benzene rings is 1. The summed E-state index contributed by atoms with van der Waals surface area (Å²) in [4.78, 5) is 22.6. The molecule has 2 rings (SSSR count). The SMILES string of the molecule is O=C(O)c1ccc(C(=O)c2c(F)cccc2Br)o1. The fourth-order valence-electron chi connectivity index (χ4n) is 1.41. The Hall–Kier alpha value is -1.95. The van der Waals surface area contributed by atoms with E-state index in [9.17, 15) is 14.0 Å². The number of aromatic carboxylic acids is 1. The lowest BCUT2D eigenvalue weighted by molar-refractivity contribution is 0.0660. The highest BCUT2D eigenvalue weighted by molar-refractivity contribution is 9.10. The topological polar surface area (TPSA) is 67.5 Å². The Morgan fingerprint density at radius 3 is 2.39 bits per heavy atom. The van der Waals surface area contributed by atoms with E-state index < -0.39 is 17.6 Å². The average Bonchev–Trinajstić information content (AvgIpc) is 2.77. The molecule has 0 unspecified atom stereocenters. The zero-order chi connectivity index (χ0) is 13.3. The van der Waals surface area contributed by atoms with E-state index in [0.29, 0.717) is 0 Å². The van der Waals surface area contributed by atoms with Gasteiger partial charge in [-0.15, -0.1) is 0 Å². The molecule has 18 heavy (non-hydrogen) atoms. The van der Waals surface area contributed by atoms with Gasteiger partial charge in [0.1, 0.15) is 5.82 Å². The minimum atomic E-state index is -1.29. The molecule has 0 saturated carbocycles. The number of ketones is 1. The van der Waals surface area contributed by atoms with E-state index in [-0.39, 0.29) is 21.6 Å². The van der Waals surface area contributed by atoms with Gasteiger partial charge in [0.15, 0.2) is 5.76 Å². The van der Waals surface area contributed by atoms with Crippen molar-refractivity contribution < 1.29 is 23.5 Å². The predicted octanol–water partition coefficient (Wildman–Crippen LogP) is 3.11. The molecule has 2 aromatic rings.